The van der Waals surface area contributed by atoms with Gasteiger partial charge in [-0.3, -0.25) is 0 Å². The molecule has 100 valence electrons. The van der Waals surface area contributed by atoms with Gasteiger partial charge in [-0.05, 0) is 13.8 Å². The van der Waals surface area contributed by atoms with Crippen molar-refractivity contribution in [3.8, 4) is 0 Å². The molecule has 2 rings (SSSR count). The second kappa shape index (κ2) is 4.81. The number of ether oxygens (including phenoxy) is 1. The highest BCUT2D eigenvalue weighted by atomic mass is 32.2. The molecule has 0 aromatic carbocycles. The minimum absolute atomic E-state index is 0.155. The first-order valence-corrected chi connectivity index (χ1v) is 7.39. The third-order valence-electron chi connectivity index (χ3n) is 3.16. The summed E-state index contributed by atoms with van der Waals surface area (Å²) in [5.41, 5.74) is -0.155. The number of rotatable bonds is 2. The minimum Gasteiger partial charge on any atom is -0.379 e. The molecular weight excluding hydrogens is 242 g/mol. The van der Waals surface area contributed by atoms with E-state index in [4.69, 9.17) is 4.74 Å². The highest BCUT2D eigenvalue weighted by molar-refractivity contribution is 7.86. The van der Waals surface area contributed by atoms with Crippen molar-refractivity contribution in [1.29, 1.82) is 0 Å². The van der Waals surface area contributed by atoms with Gasteiger partial charge in [-0.1, -0.05) is 0 Å². The number of nitrogens with zero attached hydrogens (tertiary/aromatic N) is 2. The molecular formula is C10H21N3O3S. The lowest BCUT2D eigenvalue weighted by molar-refractivity contribution is 0.0688. The molecule has 0 saturated carbocycles. The fourth-order valence-corrected chi connectivity index (χ4v) is 3.98. The van der Waals surface area contributed by atoms with Crippen LogP contribution in [0.1, 0.15) is 13.8 Å². The van der Waals surface area contributed by atoms with Gasteiger partial charge in [0.25, 0.3) is 10.2 Å². The van der Waals surface area contributed by atoms with E-state index in [1.807, 2.05) is 13.8 Å². The maximum absolute atomic E-state index is 12.4. The van der Waals surface area contributed by atoms with Gasteiger partial charge in [0.05, 0.1) is 13.2 Å². The van der Waals surface area contributed by atoms with Crippen LogP contribution in [0.25, 0.3) is 0 Å². The van der Waals surface area contributed by atoms with Gasteiger partial charge in [-0.25, -0.2) is 0 Å². The molecule has 0 atom stereocenters. The largest absolute Gasteiger partial charge is 0.379 e. The van der Waals surface area contributed by atoms with Crippen LogP contribution in [-0.2, 0) is 14.9 Å². The highest BCUT2D eigenvalue weighted by Gasteiger charge is 2.36. The normalized spacial score (nSPS) is 28.1. The zero-order chi connectivity index (χ0) is 12.5. The Hall–Kier alpha value is -0.210. The molecule has 7 heteroatoms. The molecule has 0 bridgehead atoms. The average Bonchev–Trinajstić information content (AvgIpc) is 2.29. The van der Waals surface area contributed by atoms with Crippen molar-refractivity contribution in [1.82, 2.24) is 13.9 Å². The van der Waals surface area contributed by atoms with Crippen molar-refractivity contribution in [2.24, 2.45) is 0 Å². The number of nitrogens with one attached hydrogen (secondary N) is 1. The third kappa shape index (κ3) is 2.97. The summed E-state index contributed by atoms with van der Waals surface area (Å²) < 4.78 is 33.1. The number of piperazine rings is 1. The quantitative estimate of drug-likeness (QED) is 0.712. The molecule has 2 aliphatic heterocycles. The second-order valence-electron chi connectivity index (χ2n) is 5.16. The van der Waals surface area contributed by atoms with E-state index in [2.05, 4.69) is 5.32 Å². The van der Waals surface area contributed by atoms with Crippen molar-refractivity contribution in [3.63, 3.8) is 0 Å². The van der Waals surface area contributed by atoms with Crippen molar-refractivity contribution in [2.75, 3.05) is 45.9 Å². The van der Waals surface area contributed by atoms with Crippen LogP contribution >= 0.6 is 0 Å². The Morgan fingerprint density at radius 2 is 1.76 bits per heavy atom. The third-order valence-corrected chi connectivity index (χ3v) is 5.14. The molecule has 2 fully saturated rings. The van der Waals surface area contributed by atoms with Gasteiger partial charge < -0.3 is 10.1 Å². The summed E-state index contributed by atoms with van der Waals surface area (Å²) in [6, 6.07) is 0. The molecule has 2 aliphatic rings. The molecule has 0 spiro atoms. The zero-order valence-electron chi connectivity index (χ0n) is 10.5. The Kier molecular flexibility index (Phi) is 3.74. The molecule has 17 heavy (non-hydrogen) atoms. The van der Waals surface area contributed by atoms with Gasteiger partial charge in [0.2, 0.25) is 0 Å². The van der Waals surface area contributed by atoms with Crippen LogP contribution in [-0.4, -0.2) is 68.5 Å². The lowest BCUT2D eigenvalue weighted by atomic mass is 10.0. The highest BCUT2D eigenvalue weighted by Crippen LogP contribution is 2.17. The van der Waals surface area contributed by atoms with Crippen LogP contribution in [0.2, 0.25) is 0 Å². The van der Waals surface area contributed by atoms with E-state index in [0.29, 0.717) is 45.9 Å². The van der Waals surface area contributed by atoms with E-state index in [1.54, 1.807) is 4.31 Å². The van der Waals surface area contributed by atoms with Crippen LogP contribution in [0, 0.1) is 0 Å². The molecule has 0 aliphatic carbocycles. The molecule has 0 amide bonds. The summed E-state index contributed by atoms with van der Waals surface area (Å²) in [6.45, 7) is 7.73. The standard InChI is InChI=1S/C10H21N3O3S/c1-10(2)9-13(4-3-11-10)17(14,15)12-5-7-16-8-6-12/h11H,3-9H2,1-2H3. The fourth-order valence-electron chi connectivity index (χ4n) is 2.23. The van der Waals surface area contributed by atoms with Gasteiger partial charge in [-0.2, -0.15) is 17.0 Å². The summed E-state index contributed by atoms with van der Waals surface area (Å²) in [6.07, 6.45) is 0. The first-order chi connectivity index (χ1) is 7.92. The fraction of sp³-hybridized carbons (Fsp3) is 1.00. The van der Waals surface area contributed by atoms with E-state index in [-0.39, 0.29) is 5.54 Å². The predicted octanol–water partition coefficient (Wildman–Crippen LogP) is -0.753. The van der Waals surface area contributed by atoms with E-state index in [1.165, 1.54) is 4.31 Å². The molecule has 0 unspecified atom stereocenters. The van der Waals surface area contributed by atoms with E-state index in [9.17, 15) is 8.42 Å². The smallest absolute Gasteiger partial charge is 0.282 e. The molecule has 0 aromatic heterocycles. The summed E-state index contributed by atoms with van der Waals surface area (Å²) in [4.78, 5) is 0. The molecule has 2 saturated heterocycles. The van der Waals surface area contributed by atoms with E-state index >= 15 is 0 Å². The van der Waals surface area contributed by atoms with Crippen LogP contribution in [0.4, 0.5) is 0 Å². The maximum atomic E-state index is 12.4. The lowest BCUT2D eigenvalue weighted by Gasteiger charge is -2.40. The Morgan fingerprint density at radius 3 is 2.35 bits per heavy atom. The first-order valence-electron chi connectivity index (χ1n) is 6.00. The Morgan fingerprint density at radius 1 is 1.12 bits per heavy atom. The summed E-state index contributed by atoms with van der Waals surface area (Å²) in [7, 11) is -3.31. The van der Waals surface area contributed by atoms with Crippen LogP contribution in [0.5, 0.6) is 0 Å². The Bertz CT molecular complexity index is 363. The summed E-state index contributed by atoms with van der Waals surface area (Å²) in [5, 5.41) is 3.31. The molecule has 1 N–H and O–H groups in total. The minimum atomic E-state index is -3.31. The topological polar surface area (TPSA) is 61.9 Å². The Balaban J connectivity index is 2.09. The molecule has 6 nitrogen and oxygen atoms in total. The average molecular weight is 263 g/mol. The number of hydrogen-bond acceptors (Lipinski definition) is 4. The SMILES string of the molecule is CC1(C)CN(S(=O)(=O)N2CCOCC2)CCN1. The predicted molar refractivity (Wildman–Crippen MR) is 65.0 cm³/mol. The van der Waals surface area contributed by atoms with Gasteiger partial charge in [0.15, 0.2) is 0 Å². The number of hydrogen-bond donors (Lipinski definition) is 1. The molecule has 0 radical (unpaired) electrons. The Labute approximate surface area is 103 Å². The van der Waals surface area contributed by atoms with Crippen molar-refractivity contribution >= 4 is 10.2 Å². The molecule has 2 heterocycles. The van der Waals surface area contributed by atoms with Gasteiger partial charge in [-0.15, -0.1) is 0 Å². The second-order valence-corrected chi connectivity index (χ2v) is 7.09. The first kappa shape index (κ1) is 13.2. The van der Waals surface area contributed by atoms with Crippen LogP contribution in [0.3, 0.4) is 0 Å². The van der Waals surface area contributed by atoms with E-state index in [0.717, 1.165) is 0 Å². The monoisotopic (exact) mass is 263 g/mol. The lowest BCUT2D eigenvalue weighted by Crippen LogP contribution is -2.61. The van der Waals surface area contributed by atoms with Gasteiger partial charge >= 0.3 is 0 Å². The van der Waals surface area contributed by atoms with Crippen molar-refractivity contribution < 1.29 is 13.2 Å². The van der Waals surface area contributed by atoms with Gasteiger partial charge in [0.1, 0.15) is 0 Å². The summed E-state index contributed by atoms with van der Waals surface area (Å²) in [5.74, 6) is 0. The molecule has 0 aromatic rings. The van der Waals surface area contributed by atoms with Gasteiger partial charge in [0, 0.05) is 38.3 Å². The maximum Gasteiger partial charge on any atom is 0.282 e. The van der Waals surface area contributed by atoms with Crippen molar-refractivity contribution in [2.45, 2.75) is 19.4 Å². The number of morpholine rings is 1. The van der Waals surface area contributed by atoms with Crippen LogP contribution in [0.15, 0.2) is 0 Å². The van der Waals surface area contributed by atoms with Crippen molar-refractivity contribution in [3.05, 3.63) is 0 Å². The van der Waals surface area contributed by atoms with E-state index < -0.39 is 10.2 Å². The zero-order valence-corrected chi connectivity index (χ0v) is 11.3. The summed E-state index contributed by atoms with van der Waals surface area (Å²) >= 11 is 0. The van der Waals surface area contributed by atoms with Crippen LogP contribution < -0.4 is 5.32 Å².